The van der Waals surface area contributed by atoms with Gasteiger partial charge in [0.25, 0.3) is 0 Å². The molecule has 2 heterocycles. The molecule has 4 rings (SSSR count). The molecular formula is C16H23N3O2. The Morgan fingerprint density at radius 2 is 2.05 bits per heavy atom. The molecule has 0 spiro atoms. The van der Waals surface area contributed by atoms with Gasteiger partial charge in [0.05, 0.1) is 19.3 Å². The van der Waals surface area contributed by atoms with Gasteiger partial charge in [-0.05, 0) is 37.7 Å². The lowest BCUT2D eigenvalue weighted by atomic mass is 10.0. The summed E-state index contributed by atoms with van der Waals surface area (Å²) in [5.74, 6) is 1.43. The van der Waals surface area contributed by atoms with Crippen molar-refractivity contribution < 1.29 is 9.47 Å². The summed E-state index contributed by atoms with van der Waals surface area (Å²) in [5, 5.41) is 0. The first-order chi connectivity index (χ1) is 10.4. The molecule has 2 saturated carbocycles. The molecule has 0 radical (unpaired) electrons. The van der Waals surface area contributed by atoms with E-state index in [4.69, 9.17) is 9.47 Å². The van der Waals surface area contributed by atoms with Crippen LogP contribution in [0.2, 0.25) is 0 Å². The summed E-state index contributed by atoms with van der Waals surface area (Å²) < 4.78 is 11.8. The Morgan fingerprint density at radius 3 is 2.86 bits per heavy atom. The molecule has 0 amide bonds. The zero-order chi connectivity index (χ0) is 14.1. The second-order valence-corrected chi connectivity index (χ2v) is 6.52. The fourth-order valence-electron chi connectivity index (χ4n) is 3.72. The van der Waals surface area contributed by atoms with Gasteiger partial charge in [-0.2, -0.15) is 0 Å². The van der Waals surface area contributed by atoms with Crippen LogP contribution < -0.4 is 4.74 Å². The van der Waals surface area contributed by atoms with Gasteiger partial charge in [0.2, 0.25) is 0 Å². The van der Waals surface area contributed by atoms with Crippen molar-refractivity contribution in [1.82, 2.24) is 14.9 Å². The van der Waals surface area contributed by atoms with Gasteiger partial charge >= 0.3 is 6.01 Å². The minimum Gasteiger partial charge on any atom is -0.463 e. The van der Waals surface area contributed by atoms with E-state index in [2.05, 4.69) is 14.9 Å². The third kappa shape index (κ3) is 3.04. The highest BCUT2D eigenvalue weighted by molar-refractivity contribution is 4.98. The van der Waals surface area contributed by atoms with E-state index >= 15 is 0 Å². The van der Waals surface area contributed by atoms with Crippen molar-refractivity contribution in [3.8, 4) is 6.01 Å². The highest BCUT2D eigenvalue weighted by atomic mass is 16.5. The minimum atomic E-state index is 0.334. The predicted molar refractivity (Wildman–Crippen MR) is 78.1 cm³/mol. The number of rotatable bonds is 5. The number of hydrogen-bond donors (Lipinski definition) is 0. The smallest absolute Gasteiger partial charge is 0.316 e. The van der Waals surface area contributed by atoms with Gasteiger partial charge in [-0.25, -0.2) is 9.97 Å². The van der Waals surface area contributed by atoms with Crippen LogP contribution in [-0.4, -0.2) is 53.3 Å². The number of hydrogen-bond acceptors (Lipinski definition) is 5. The molecule has 3 fully saturated rings. The normalized spacial score (nSPS) is 32.9. The minimum absolute atomic E-state index is 0.334. The van der Waals surface area contributed by atoms with Gasteiger partial charge in [0.1, 0.15) is 0 Å². The van der Waals surface area contributed by atoms with Crippen LogP contribution in [0.3, 0.4) is 0 Å². The van der Waals surface area contributed by atoms with Crippen LogP contribution in [0.1, 0.15) is 25.7 Å². The topological polar surface area (TPSA) is 47.5 Å². The van der Waals surface area contributed by atoms with E-state index in [1.54, 1.807) is 18.5 Å². The second-order valence-electron chi connectivity index (χ2n) is 6.52. The monoisotopic (exact) mass is 289 g/mol. The lowest BCUT2D eigenvalue weighted by Crippen LogP contribution is -2.51. The zero-order valence-electron chi connectivity index (χ0n) is 12.4. The molecule has 1 saturated heterocycles. The molecule has 2 aliphatic carbocycles. The molecule has 3 aliphatic rings. The Morgan fingerprint density at radius 1 is 1.19 bits per heavy atom. The maximum Gasteiger partial charge on any atom is 0.316 e. The largest absolute Gasteiger partial charge is 0.463 e. The molecule has 0 unspecified atom stereocenters. The SMILES string of the molecule is c1cnc(OC[C@@H]2CC[C@H]3[C@@H]2OCCN3CC2CC2)nc1. The van der Waals surface area contributed by atoms with E-state index in [0.717, 1.165) is 19.1 Å². The first-order valence-electron chi connectivity index (χ1n) is 8.15. The lowest BCUT2D eigenvalue weighted by Gasteiger charge is -2.39. The maximum absolute atomic E-state index is 6.07. The standard InChI is InChI=1S/C16H23N3O2/c1-6-17-16(18-7-1)21-11-13-4-5-14-15(13)20-9-8-19(14)10-12-2-3-12/h1,6-7,12-15H,2-5,8-11H2/t13-,14-,15+/m0/s1. The number of morpholine rings is 1. The third-order valence-corrected chi connectivity index (χ3v) is 4.99. The van der Waals surface area contributed by atoms with E-state index in [0.29, 0.717) is 30.7 Å². The summed E-state index contributed by atoms with van der Waals surface area (Å²) >= 11 is 0. The average molecular weight is 289 g/mol. The summed E-state index contributed by atoms with van der Waals surface area (Å²) in [7, 11) is 0. The van der Waals surface area contributed by atoms with Crippen LogP contribution in [0.4, 0.5) is 0 Å². The van der Waals surface area contributed by atoms with Crippen molar-refractivity contribution >= 4 is 0 Å². The van der Waals surface area contributed by atoms with Crippen molar-refractivity contribution in [2.45, 2.75) is 37.8 Å². The van der Waals surface area contributed by atoms with Crippen LogP contribution in [0.25, 0.3) is 0 Å². The Balaban J connectivity index is 1.34. The molecule has 5 nitrogen and oxygen atoms in total. The van der Waals surface area contributed by atoms with E-state index in [9.17, 15) is 0 Å². The van der Waals surface area contributed by atoms with E-state index in [-0.39, 0.29) is 0 Å². The maximum atomic E-state index is 6.07. The molecule has 3 atom stereocenters. The van der Waals surface area contributed by atoms with Gasteiger partial charge in [-0.3, -0.25) is 4.90 Å². The first kappa shape index (κ1) is 13.5. The molecule has 5 heteroatoms. The fourth-order valence-corrected chi connectivity index (χ4v) is 3.72. The molecular weight excluding hydrogens is 266 g/mol. The molecule has 1 aromatic rings. The summed E-state index contributed by atoms with van der Waals surface area (Å²) in [6.45, 7) is 3.92. The molecule has 1 aromatic heterocycles. The molecule has 0 aromatic carbocycles. The van der Waals surface area contributed by atoms with Crippen molar-refractivity contribution in [3.63, 3.8) is 0 Å². The Hall–Kier alpha value is -1.20. The summed E-state index contributed by atoms with van der Waals surface area (Å²) in [4.78, 5) is 10.9. The van der Waals surface area contributed by atoms with Crippen molar-refractivity contribution in [2.24, 2.45) is 11.8 Å². The van der Waals surface area contributed by atoms with Crippen LogP contribution in [0.15, 0.2) is 18.5 Å². The van der Waals surface area contributed by atoms with E-state index in [1.807, 2.05) is 0 Å². The highest BCUT2D eigenvalue weighted by Gasteiger charge is 2.44. The van der Waals surface area contributed by atoms with Crippen LogP contribution in [-0.2, 0) is 4.74 Å². The molecule has 114 valence electrons. The van der Waals surface area contributed by atoms with Gasteiger partial charge in [-0.1, -0.05) is 0 Å². The number of aromatic nitrogens is 2. The van der Waals surface area contributed by atoms with Crippen molar-refractivity contribution in [2.75, 3.05) is 26.3 Å². The molecule has 21 heavy (non-hydrogen) atoms. The van der Waals surface area contributed by atoms with E-state index in [1.165, 1.54) is 32.2 Å². The first-order valence-corrected chi connectivity index (χ1v) is 8.15. The van der Waals surface area contributed by atoms with Crippen molar-refractivity contribution in [3.05, 3.63) is 18.5 Å². The third-order valence-electron chi connectivity index (χ3n) is 4.99. The Bertz CT molecular complexity index is 466. The van der Waals surface area contributed by atoms with Gasteiger partial charge in [0, 0.05) is 37.4 Å². The van der Waals surface area contributed by atoms with Crippen LogP contribution in [0, 0.1) is 11.8 Å². The van der Waals surface area contributed by atoms with Crippen LogP contribution in [0.5, 0.6) is 6.01 Å². The Labute approximate surface area is 125 Å². The number of ether oxygens (including phenoxy) is 2. The molecule has 0 N–H and O–H groups in total. The molecule has 1 aliphatic heterocycles. The summed E-state index contributed by atoms with van der Waals surface area (Å²) in [6.07, 6.45) is 9.04. The predicted octanol–water partition coefficient (Wildman–Crippen LogP) is 1.74. The summed E-state index contributed by atoms with van der Waals surface area (Å²) in [6, 6.07) is 2.88. The second kappa shape index (κ2) is 5.89. The average Bonchev–Trinajstić information content (AvgIpc) is 3.24. The number of fused-ring (bicyclic) bond motifs is 1. The van der Waals surface area contributed by atoms with Gasteiger partial charge < -0.3 is 9.47 Å². The molecule has 0 bridgehead atoms. The Kier molecular flexibility index (Phi) is 3.78. The quantitative estimate of drug-likeness (QED) is 0.826. The highest BCUT2D eigenvalue weighted by Crippen LogP contribution is 2.38. The fraction of sp³-hybridized carbons (Fsp3) is 0.750. The number of nitrogens with zero attached hydrogens (tertiary/aromatic N) is 3. The van der Waals surface area contributed by atoms with Gasteiger partial charge in [0.15, 0.2) is 0 Å². The zero-order valence-corrected chi connectivity index (χ0v) is 12.4. The van der Waals surface area contributed by atoms with E-state index < -0.39 is 0 Å². The lowest BCUT2D eigenvalue weighted by molar-refractivity contribution is -0.0802. The summed E-state index contributed by atoms with van der Waals surface area (Å²) in [5.41, 5.74) is 0. The van der Waals surface area contributed by atoms with Crippen molar-refractivity contribution in [1.29, 1.82) is 0 Å². The van der Waals surface area contributed by atoms with Crippen LogP contribution >= 0.6 is 0 Å². The van der Waals surface area contributed by atoms with Gasteiger partial charge in [-0.15, -0.1) is 0 Å².